The number of carbonyl (C=O) groups excluding carboxylic acids is 1. The van der Waals surface area contributed by atoms with Gasteiger partial charge in [0.1, 0.15) is 0 Å². The second-order valence-electron chi connectivity index (χ2n) is 5.90. The van der Waals surface area contributed by atoms with E-state index in [2.05, 4.69) is 53.5 Å². The van der Waals surface area contributed by atoms with Gasteiger partial charge in [0.2, 0.25) is 5.91 Å². The van der Waals surface area contributed by atoms with E-state index in [4.69, 9.17) is 0 Å². The molecule has 0 saturated heterocycles. The van der Waals surface area contributed by atoms with Crippen molar-refractivity contribution in [1.29, 1.82) is 0 Å². The minimum absolute atomic E-state index is 0.0788. The molecule has 22 heavy (non-hydrogen) atoms. The molecule has 114 valence electrons. The van der Waals surface area contributed by atoms with Gasteiger partial charge in [-0.2, -0.15) is 0 Å². The molecule has 0 bridgehead atoms. The highest BCUT2D eigenvalue weighted by Crippen LogP contribution is 2.38. The molecule has 0 spiro atoms. The molecule has 3 heteroatoms. The molecule has 0 aliphatic carbocycles. The average Bonchev–Trinajstić information content (AvgIpc) is 2.84. The minimum atomic E-state index is 0.0788. The molecule has 1 aliphatic rings. The molecule has 1 heterocycles. The van der Waals surface area contributed by atoms with Crippen molar-refractivity contribution < 1.29 is 4.79 Å². The molecular formula is C19H22N2O. The summed E-state index contributed by atoms with van der Waals surface area (Å²) in [5.74, 6) is 0.0788. The van der Waals surface area contributed by atoms with Gasteiger partial charge >= 0.3 is 0 Å². The molecular weight excluding hydrogens is 272 g/mol. The zero-order valence-electron chi connectivity index (χ0n) is 13.2. The Labute approximate surface area is 132 Å². The van der Waals surface area contributed by atoms with Gasteiger partial charge < -0.3 is 10.2 Å². The van der Waals surface area contributed by atoms with E-state index >= 15 is 0 Å². The molecule has 0 fully saturated rings. The third kappa shape index (κ3) is 2.84. The lowest BCUT2D eigenvalue weighted by Crippen LogP contribution is -2.23. The lowest BCUT2D eigenvalue weighted by atomic mass is 10.1. The summed E-state index contributed by atoms with van der Waals surface area (Å²) in [5.41, 5.74) is 4.72. The van der Waals surface area contributed by atoms with E-state index in [1.54, 1.807) is 0 Å². The van der Waals surface area contributed by atoms with E-state index in [9.17, 15) is 4.79 Å². The predicted octanol–water partition coefficient (Wildman–Crippen LogP) is 4.51. The summed E-state index contributed by atoms with van der Waals surface area (Å²) < 4.78 is 0. The normalized spacial score (nSPS) is 16.5. The topological polar surface area (TPSA) is 32.3 Å². The molecule has 2 aromatic rings. The Balaban J connectivity index is 1.80. The highest BCUT2D eigenvalue weighted by molar-refractivity contribution is 5.91. The predicted molar refractivity (Wildman–Crippen MR) is 91.7 cm³/mol. The first-order chi connectivity index (χ1) is 10.7. The van der Waals surface area contributed by atoms with Gasteiger partial charge in [0.25, 0.3) is 0 Å². The van der Waals surface area contributed by atoms with Gasteiger partial charge in [-0.15, -0.1) is 0 Å². The molecule has 1 amide bonds. The van der Waals surface area contributed by atoms with Crippen LogP contribution in [0.15, 0.2) is 48.5 Å². The number of fused-ring (bicyclic) bond motifs is 1. The van der Waals surface area contributed by atoms with Gasteiger partial charge in [-0.3, -0.25) is 4.79 Å². The zero-order chi connectivity index (χ0) is 15.5. The van der Waals surface area contributed by atoms with Crippen LogP contribution >= 0.6 is 0 Å². The van der Waals surface area contributed by atoms with Crippen molar-refractivity contribution in [3.63, 3.8) is 0 Å². The monoisotopic (exact) mass is 294 g/mol. The summed E-state index contributed by atoms with van der Waals surface area (Å²) in [6, 6.07) is 17.1. The van der Waals surface area contributed by atoms with Crippen LogP contribution in [0.4, 0.5) is 17.1 Å². The smallest absolute Gasteiger partial charge is 0.224 e. The Morgan fingerprint density at radius 1 is 1.18 bits per heavy atom. The number of nitrogens with one attached hydrogen (secondary N) is 1. The second-order valence-corrected chi connectivity index (χ2v) is 5.90. The molecule has 3 nitrogen and oxygen atoms in total. The Hall–Kier alpha value is -2.29. The van der Waals surface area contributed by atoms with Crippen LogP contribution in [0, 0.1) is 0 Å². The lowest BCUT2D eigenvalue weighted by Gasteiger charge is -2.25. The molecule has 1 N–H and O–H groups in total. The van der Waals surface area contributed by atoms with Gasteiger partial charge in [-0.05, 0) is 55.7 Å². The highest BCUT2D eigenvalue weighted by atomic mass is 16.1. The molecule has 0 aromatic heterocycles. The van der Waals surface area contributed by atoms with Gasteiger partial charge in [0.15, 0.2) is 0 Å². The Morgan fingerprint density at radius 2 is 1.91 bits per heavy atom. The van der Waals surface area contributed by atoms with Gasteiger partial charge in [-0.25, -0.2) is 0 Å². The number of carbonyl (C=O) groups is 1. The van der Waals surface area contributed by atoms with Crippen LogP contribution in [0.2, 0.25) is 0 Å². The molecule has 1 atom stereocenters. The largest absolute Gasteiger partial charge is 0.338 e. The fourth-order valence-corrected chi connectivity index (χ4v) is 3.11. The van der Waals surface area contributed by atoms with Crippen molar-refractivity contribution >= 4 is 23.0 Å². The van der Waals surface area contributed by atoms with E-state index in [0.717, 1.165) is 18.5 Å². The number of rotatable bonds is 4. The number of hydrogen-bond acceptors (Lipinski definition) is 2. The van der Waals surface area contributed by atoms with Crippen molar-refractivity contribution in [1.82, 2.24) is 0 Å². The molecule has 3 rings (SSSR count). The standard InChI is InChI=1S/C19H22N2O/c1-3-6-19(22)20-16-9-11-17(12-10-16)21-14(2)13-15-7-4-5-8-18(15)21/h4-5,7-12,14H,3,6,13H2,1-2H3,(H,20,22). The highest BCUT2D eigenvalue weighted by Gasteiger charge is 2.26. The van der Waals surface area contributed by atoms with Gasteiger partial charge in [0.05, 0.1) is 0 Å². The Morgan fingerprint density at radius 3 is 2.64 bits per heavy atom. The Kier molecular flexibility index (Phi) is 4.14. The molecule has 2 aromatic carbocycles. The fraction of sp³-hybridized carbons (Fsp3) is 0.316. The maximum absolute atomic E-state index is 11.6. The van der Waals surface area contributed by atoms with Crippen LogP contribution in [0.25, 0.3) is 0 Å². The zero-order valence-corrected chi connectivity index (χ0v) is 13.2. The van der Waals surface area contributed by atoms with E-state index < -0.39 is 0 Å². The SMILES string of the molecule is CCCC(=O)Nc1ccc(N2c3ccccc3CC2C)cc1. The third-order valence-corrected chi connectivity index (χ3v) is 4.11. The van der Waals surface area contributed by atoms with E-state index in [0.29, 0.717) is 12.5 Å². The van der Waals surface area contributed by atoms with Crippen LogP contribution in [-0.2, 0) is 11.2 Å². The number of nitrogens with zero attached hydrogens (tertiary/aromatic N) is 1. The first-order valence-electron chi connectivity index (χ1n) is 7.96. The van der Waals surface area contributed by atoms with Crippen molar-refractivity contribution in [3.8, 4) is 0 Å². The second kappa shape index (κ2) is 6.22. The molecule has 1 aliphatic heterocycles. The van der Waals surface area contributed by atoms with Crippen molar-refractivity contribution in [2.75, 3.05) is 10.2 Å². The Bertz CT molecular complexity index is 663. The lowest BCUT2D eigenvalue weighted by molar-refractivity contribution is -0.116. The van der Waals surface area contributed by atoms with E-state index in [1.165, 1.54) is 16.9 Å². The first-order valence-corrected chi connectivity index (χ1v) is 7.96. The van der Waals surface area contributed by atoms with Crippen LogP contribution < -0.4 is 10.2 Å². The number of benzene rings is 2. The van der Waals surface area contributed by atoms with Crippen LogP contribution in [0.3, 0.4) is 0 Å². The summed E-state index contributed by atoms with van der Waals surface area (Å²) >= 11 is 0. The summed E-state index contributed by atoms with van der Waals surface area (Å²) in [5, 5.41) is 2.93. The maximum Gasteiger partial charge on any atom is 0.224 e. The average molecular weight is 294 g/mol. The fourth-order valence-electron chi connectivity index (χ4n) is 3.11. The number of para-hydroxylation sites is 1. The number of amides is 1. The summed E-state index contributed by atoms with van der Waals surface area (Å²) in [4.78, 5) is 14.0. The quantitative estimate of drug-likeness (QED) is 0.900. The number of anilines is 3. The van der Waals surface area contributed by atoms with Gasteiger partial charge in [0, 0.05) is 29.5 Å². The van der Waals surface area contributed by atoms with Crippen LogP contribution in [0.1, 0.15) is 32.3 Å². The molecule has 0 saturated carbocycles. The summed E-state index contributed by atoms with van der Waals surface area (Å²) in [6.07, 6.45) is 2.51. The molecule has 1 unspecified atom stereocenters. The van der Waals surface area contributed by atoms with Crippen molar-refractivity contribution in [3.05, 3.63) is 54.1 Å². The number of hydrogen-bond donors (Lipinski definition) is 1. The van der Waals surface area contributed by atoms with Crippen molar-refractivity contribution in [2.45, 2.75) is 39.2 Å². The van der Waals surface area contributed by atoms with Crippen molar-refractivity contribution in [2.24, 2.45) is 0 Å². The third-order valence-electron chi connectivity index (χ3n) is 4.11. The van der Waals surface area contributed by atoms with Gasteiger partial charge in [-0.1, -0.05) is 25.1 Å². The van der Waals surface area contributed by atoms with E-state index in [-0.39, 0.29) is 5.91 Å². The summed E-state index contributed by atoms with van der Waals surface area (Å²) in [6.45, 7) is 4.26. The van der Waals surface area contributed by atoms with E-state index in [1.807, 2.05) is 19.1 Å². The molecule has 0 radical (unpaired) electrons. The minimum Gasteiger partial charge on any atom is -0.338 e. The summed E-state index contributed by atoms with van der Waals surface area (Å²) in [7, 11) is 0. The van der Waals surface area contributed by atoms with Crippen LogP contribution in [0.5, 0.6) is 0 Å². The maximum atomic E-state index is 11.6. The first kappa shape index (κ1) is 14.6. The van der Waals surface area contributed by atoms with Crippen LogP contribution in [-0.4, -0.2) is 11.9 Å².